The lowest BCUT2D eigenvalue weighted by atomic mass is 10.1. The standard InChI is InChI=1S/C14H21N3O/c1-2-11(9-15)14(18)17(13-6-7-13)10-12-5-3-4-8-16-12/h3-5,8,11,13H,2,6-7,9-10,15H2,1H3. The molecule has 0 aromatic carbocycles. The van der Waals surface area contributed by atoms with E-state index in [4.69, 9.17) is 5.73 Å². The predicted octanol–water partition coefficient (Wildman–Crippen LogP) is 1.56. The maximum atomic E-state index is 12.4. The molecule has 1 amide bonds. The quantitative estimate of drug-likeness (QED) is 0.830. The van der Waals surface area contributed by atoms with Crippen LogP contribution in [0, 0.1) is 5.92 Å². The summed E-state index contributed by atoms with van der Waals surface area (Å²) in [7, 11) is 0. The summed E-state index contributed by atoms with van der Waals surface area (Å²) in [6, 6.07) is 6.21. The first kappa shape index (κ1) is 13.0. The Morgan fingerprint density at radius 2 is 2.33 bits per heavy atom. The Hall–Kier alpha value is -1.42. The van der Waals surface area contributed by atoms with Gasteiger partial charge in [0.05, 0.1) is 18.2 Å². The van der Waals surface area contributed by atoms with Crippen molar-refractivity contribution in [1.82, 2.24) is 9.88 Å². The van der Waals surface area contributed by atoms with Gasteiger partial charge in [0.25, 0.3) is 0 Å². The third-order valence-corrected chi connectivity index (χ3v) is 3.46. The van der Waals surface area contributed by atoms with Crippen LogP contribution in [0.1, 0.15) is 31.9 Å². The van der Waals surface area contributed by atoms with Crippen molar-refractivity contribution in [3.8, 4) is 0 Å². The lowest BCUT2D eigenvalue weighted by Crippen LogP contribution is -2.40. The van der Waals surface area contributed by atoms with Crippen LogP contribution < -0.4 is 5.73 Å². The molecule has 0 aliphatic heterocycles. The molecule has 0 bridgehead atoms. The highest BCUT2D eigenvalue weighted by Crippen LogP contribution is 2.29. The summed E-state index contributed by atoms with van der Waals surface area (Å²) in [6.45, 7) is 3.06. The van der Waals surface area contributed by atoms with Gasteiger partial charge in [-0.25, -0.2) is 0 Å². The highest BCUT2D eigenvalue weighted by Gasteiger charge is 2.35. The Labute approximate surface area is 108 Å². The fraction of sp³-hybridized carbons (Fsp3) is 0.571. The Bertz CT molecular complexity index is 385. The van der Waals surface area contributed by atoms with E-state index in [9.17, 15) is 4.79 Å². The molecule has 1 saturated carbocycles. The minimum Gasteiger partial charge on any atom is -0.334 e. The molecule has 1 aromatic heterocycles. The van der Waals surface area contributed by atoms with E-state index < -0.39 is 0 Å². The molecule has 2 N–H and O–H groups in total. The second kappa shape index (κ2) is 5.96. The van der Waals surface area contributed by atoms with Crippen LogP contribution >= 0.6 is 0 Å². The summed E-state index contributed by atoms with van der Waals surface area (Å²) >= 11 is 0. The van der Waals surface area contributed by atoms with Crippen molar-refractivity contribution in [1.29, 1.82) is 0 Å². The zero-order valence-electron chi connectivity index (χ0n) is 10.9. The van der Waals surface area contributed by atoms with Crippen LogP contribution in [0.5, 0.6) is 0 Å². The molecular formula is C14H21N3O. The van der Waals surface area contributed by atoms with Crippen molar-refractivity contribution < 1.29 is 4.79 Å². The highest BCUT2D eigenvalue weighted by molar-refractivity contribution is 5.79. The largest absolute Gasteiger partial charge is 0.334 e. The predicted molar refractivity (Wildman–Crippen MR) is 70.6 cm³/mol. The van der Waals surface area contributed by atoms with Gasteiger partial charge >= 0.3 is 0 Å². The molecule has 1 aliphatic rings. The monoisotopic (exact) mass is 247 g/mol. The van der Waals surface area contributed by atoms with E-state index in [-0.39, 0.29) is 11.8 Å². The number of amides is 1. The van der Waals surface area contributed by atoms with E-state index in [1.54, 1.807) is 6.20 Å². The van der Waals surface area contributed by atoms with Gasteiger partial charge < -0.3 is 10.6 Å². The van der Waals surface area contributed by atoms with Crippen molar-refractivity contribution >= 4 is 5.91 Å². The first-order valence-electron chi connectivity index (χ1n) is 6.66. The smallest absolute Gasteiger partial charge is 0.227 e. The molecule has 18 heavy (non-hydrogen) atoms. The number of nitrogens with zero attached hydrogens (tertiary/aromatic N) is 2. The van der Waals surface area contributed by atoms with E-state index >= 15 is 0 Å². The Kier molecular flexibility index (Phi) is 4.31. The van der Waals surface area contributed by atoms with Crippen molar-refractivity contribution in [2.75, 3.05) is 6.54 Å². The van der Waals surface area contributed by atoms with E-state index in [0.29, 0.717) is 19.1 Å². The maximum absolute atomic E-state index is 12.4. The lowest BCUT2D eigenvalue weighted by Gasteiger charge is -2.26. The van der Waals surface area contributed by atoms with Gasteiger partial charge in [-0.15, -0.1) is 0 Å². The fourth-order valence-corrected chi connectivity index (χ4v) is 2.12. The molecule has 0 saturated heterocycles. The Balaban J connectivity index is 2.06. The molecule has 1 aromatic rings. The first-order valence-corrected chi connectivity index (χ1v) is 6.66. The van der Waals surface area contributed by atoms with Gasteiger partial charge in [-0.2, -0.15) is 0 Å². The third kappa shape index (κ3) is 3.07. The van der Waals surface area contributed by atoms with E-state index in [1.807, 2.05) is 30.0 Å². The second-order valence-corrected chi connectivity index (χ2v) is 4.86. The van der Waals surface area contributed by atoms with Crippen molar-refractivity contribution in [3.05, 3.63) is 30.1 Å². The topological polar surface area (TPSA) is 59.2 Å². The molecule has 1 atom stereocenters. The fourth-order valence-electron chi connectivity index (χ4n) is 2.12. The van der Waals surface area contributed by atoms with Crippen LogP contribution in [0.25, 0.3) is 0 Å². The average Bonchev–Trinajstić information content (AvgIpc) is 3.23. The van der Waals surface area contributed by atoms with Crippen molar-refractivity contribution in [2.45, 2.75) is 38.8 Å². The molecule has 0 spiro atoms. The zero-order valence-corrected chi connectivity index (χ0v) is 10.9. The highest BCUT2D eigenvalue weighted by atomic mass is 16.2. The van der Waals surface area contributed by atoms with Gasteiger partial charge in [0.15, 0.2) is 0 Å². The molecule has 4 nitrogen and oxygen atoms in total. The van der Waals surface area contributed by atoms with Crippen LogP contribution in [0.2, 0.25) is 0 Å². The van der Waals surface area contributed by atoms with Crippen molar-refractivity contribution in [3.63, 3.8) is 0 Å². The zero-order chi connectivity index (χ0) is 13.0. The van der Waals surface area contributed by atoms with Crippen molar-refractivity contribution in [2.24, 2.45) is 11.7 Å². The molecule has 0 radical (unpaired) electrons. The summed E-state index contributed by atoms with van der Waals surface area (Å²) < 4.78 is 0. The Morgan fingerprint density at radius 1 is 1.56 bits per heavy atom. The molecule has 1 unspecified atom stereocenters. The van der Waals surface area contributed by atoms with Gasteiger partial charge in [-0.05, 0) is 31.4 Å². The molecule has 4 heteroatoms. The SMILES string of the molecule is CCC(CN)C(=O)N(Cc1ccccn1)C1CC1. The molecule has 1 heterocycles. The molecular weight excluding hydrogens is 226 g/mol. The minimum absolute atomic E-state index is 0.0469. The number of pyridine rings is 1. The summed E-state index contributed by atoms with van der Waals surface area (Å²) in [4.78, 5) is 18.7. The molecule has 1 fully saturated rings. The molecule has 98 valence electrons. The van der Waals surface area contributed by atoms with E-state index in [0.717, 1.165) is 25.0 Å². The normalized spacial score (nSPS) is 16.3. The number of hydrogen-bond donors (Lipinski definition) is 1. The number of rotatable bonds is 6. The summed E-state index contributed by atoms with van der Waals surface area (Å²) in [6.07, 6.45) is 4.80. The number of carbonyl (C=O) groups is 1. The average molecular weight is 247 g/mol. The summed E-state index contributed by atoms with van der Waals surface area (Å²) in [5.74, 6) is 0.141. The van der Waals surface area contributed by atoms with E-state index in [1.165, 1.54) is 0 Å². The van der Waals surface area contributed by atoms with Gasteiger partial charge in [-0.3, -0.25) is 9.78 Å². The van der Waals surface area contributed by atoms with Gasteiger partial charge in [0.1, 0.15) is 0 Å². The van der Waals surface area contributed by atoms with Crippen LogP contribution in [0.3, 0.4) is 0 Å². The maximum Gasteiger partial charge on any atom is 0.227 e. The number of carbonyl (C=O) groups excluding carboxylic acids is 1. The minimum atomic E-state index is -0.0469. The van der Waals surface area contributed by atoms with Crippen LogP contribution in [-0.4, -0.2) is 28.4 Å². The first-order chi connectivity index (χ1) is 8.76. The van der Waals surface area contributed by atoms with Crippen LogP contribution in [0.15, 0.2) is 24.4 Å². The van der Waals surface area contributed by atoms with Gasteiger partial charge in [0.2, 0.25) is 5.91 Å². The Morgan fingerprint density at radius 3 is 2.83 bits per heavy atom. The lowest BCUT2D eigenvalue weighted by molar-refractivity contribution is -0.136. The molecule has 1 aliphatic carbocycles. The number of nitrogens with two attached hydrogens (primary N) is 1. The summed E-state index contributed by atoms with van der Waals surface area (Å²) in [5.41, 5.74) is 6.62. The van der Waals surface area contributed by atoms with E-state index in [2.05, 4.69) is 4.98 Å². The van der Waals surface area contributed by atoms with Gasteiger partial charge in [0, 0.05) is 18.8 Å². The summed E-state index contributed by atoms with van der Waals surface area (Å²) in [5, 5.41) is 0. The number of aromatic nitrogens is 1. The second-order valence-electron chi connectivity index (χ2n) is 4.86. The third-order valence-electron chi connectivity index (χ3n) is 3.46. The number of hydrogen-bond acceptors (Lipinski definition) is 3. The van der Waals surface area contributed by atoms with Gasteiger partial charge in [-0.1, -0.05) is 13.0 Å². The van der Waals surface area contributed by atoms with Crippen LogP contribution in [0.4, 0.5) is 0 Å². The molecule has 2 rings (SSSR count). The van der Waals surface area contributed by atoms with Crippen LogP contribution in [-0.2, 0) is 11.3 Å².